The van der Waals surface area contributed by atoms with Crippen LogP contribution in [0.5, 0.6) is 5.75 Å². The fourth-order valence-corrected chi connectivity index (χ4v) is 5.05. The first-order valence-electron chi connectivity index (χ1n) is 11.0. The highest BCUT2D eigenvalue weighted by Gasteiger charge is 2.16. The van der Waals surface area contributed by atoms with Crippen LogP contribution in [0.2, 0.25) is 0 Å². The summed E-state index contributed by atoms with van der Waals surface area (Å²) < 4.78 is 6.81. The summed E-state index contributed by atoms with van der Waals surface area (Å²) >= 11 is 4.66. The molecule has 3 N–H and O–H groups in total. The number of thiazole rings is 1. The van der Waals surface area contributed by atoms with Gasteiger partial charge >= 0.3 is 0 Å². The van der Waals surface area contributed by atoms with Crippen LogP contribution in [0.25, 0.3) is 11.3 Å². The van der Waals surface area contributed by atoms with Gasteiger partial charge in [-0.15, -0.1) is 34.4 Å². The second kappa shape index (κ2) is 12.9. The summed E-state index contributed by atoms with van der Waals surface area (Å²) in [6.07, 6.45) is 2.61. The summed E-state index contributed by atoms with van der Waals surface area (Å²) in [7, 11) is 0. The van der Waals surface area contributed by atoms with Gasteiger partial charge in [-0.2, -0.15) is 0 Å². The molecule has 0 unspecified atom stereocenters. The predicted octanol–water partition coefficient (Wildman–Crippen LogP) is 4.31. The van der Waals surface area contributed by atoms with Crippen LogP contribution in [-0.4, -0.2) is 59.8 Å². The molecule has 192 valence electrons. The molecule has 36 heavy (non-hydrogen) atoms. The van der Waals surface area contributed by atoms with E-state index in [0.717, 1.165) is 21.2 Å². The Morgan fingerprint density at radius 3 is 2.81 bits per heavy atom. The number of hydrogen-bond acceptors (Lipinski definition) is 9. The van der Waals surface area contributed by atoms with E-state index in [1.807, 2.05) is 62.7 Å². The van der Waals surface area contributed by atoms with Crippen molar-refractivity contribution >= 4 is 57.7 Å². The monoisotopic (exact) mass is 547 g/mol. The Morgan fingerprint density at radius 1 is 1.31 bits per heavy atom. The normalized spacial score (nSPS) is 11.8. The maximum atomic E-state index is 12.1. The summed E-state index contributed by atoms with van der Waals surface area (Å²) in [5.74, 6) is 0.667. The lowest BCUT2D eigenvalue weighted by molar-refractivity contribution is -0.215. The molecule has 0 saturated carbocycles. The molecule has 0 radical (unpaired) electrons. The number of carbonyl (C=O) groups excluding carboxylic acids is 2. The van der Waals surface area contributed by atoms with Crippen molar-refractivity contribution in [3.05, 3.63) is 46.7 Å². The number of benzene rings is 1. The van der Waals surface area contributed by atoms with Gasteiger partial charge in [-0.25, -0.2) is 15.0 Å². The molecular formula is C24H29N5O4S3. The third-order valence-corrected chi connectivity index (χ3v) is 7.33. The largest absolute Gasteiger partial charge is 0.484 e. The Labute approximate surface area is 222 Å². The van der Waals surface area contributed by atoms with E-state index in [-0.39, 0.29) is 25.6 Å². The number of nitrogens with zero attached hydrogens (tertiary/aromatic N) is 3. The molecule has 0 atom stereocenters. The molecule has 2 amide bonds. The van der Waals surface area contributed by atoms with Crippen LogP contribution in [0, 0.1) is 0 Å². The van der Waals surface area contributed by atoms with Crippen molar-refractivity contribution < 1.29 is 19.2 Å². The lowest BCUT2D eigenvalue weighted by Crippen LogP contribution is -2.39. The maximum Gasteiger partial charge on any atom is 0.258 e. The van der Waals surface area contributed by atoms with E-state index in [4.69, 9.17) is 15.3 Å². The van der Waals surface area contributed by atoms with E-state index in [0.29, 0.717) is 23.1 Å². The topological polar surface area (TPSA) is 119 Å². The number of hydroxylamine groups is 2. The molecule has 3 aromatic rings. The Hall–Kier alpha value is -2.93. The van der Waals surface area contributed by atoms with E-state index in [1.54, 1.807) is 29.2 Å². The van der Waals surface area contributed by atoms with Crippen LogP contribution < -0.4 is 15.8 Å². The van der Waals surface area contributed by atoms with Gasteiger partial charge in [0.2, 0.25) is 11.5 Å². The molecule has 0 spiro atoms. The van der Waals surface area contributed by atoms with Gasteiger partial charge in [0.25, 0.3) is 5.91 Å². The number of nitrogens with one attached hydrogen (secondary N) is 1. The van der Waals surface area contributed by atoms with Crippen LogP contribution in [0.15, 0.2) is 51.0 Å². The number of thioether (sulfide) groups is 1. The van der Waals surface area contributed by atoms with Crippen molar-refractivity contribution in [2.24, 2.45) is 10.7 Å². The Kier molecular flexibility index (Phi) is 9.88. The Morgan fingerprint density at radius 2 is 2.11 bits per heavy atom. The van der Waals surface area contributed by atoms with E-state index < -0.39 is 5.60 Å². The van der Waals surface area contributed by atoms with E-state index in [1.165, 1.54) is 15.5 Å². The quantitative estimate of drug-likeness (QED) is 0.114. The summed E-state index contributed by atoms with van der Waals surface area (Å²) in [5, 5.41) is 6.33. The van der Waals surface area contributed by atoms with Gasteiger partial charge in [0, 0.05) is 17.5 Å². The second-order valence-corrected chi connectivity index (χ2v) is 11.5. The maximum absolute atomic E-state index is 12.1. The van der Waals surface area contributed by atoms with Gasteiger partial charge in [0.05, 0.1) is 26.9 Å². The van der Waals surface area contributed by atoms with Gasteiger partial charge in [-0.05, 0) is 51.3 Å². The van der Waals surface area contributed by atoms with Gasteiger partial charge in [0.15, 0.2) is 6.61 Å². The lowest BCUT2D eigenvalue weighted by atomic mass is 10.2. The zero-order chi connectivity index (χ0) is 26.1. The molecule has 0 bridgehead atoms. The van der Waals surface area contributed by atoms with E-state index >= 15 is 0 Å². The molecule has 0 aliphatic carbocycles. The molecule has 1 aromatic carbocycles. The number of amides is 2. The number of aromatic nitrogens is 1. The minimum atomic E-state index is -0.502. The highest BCUT2D eigenvalue weighted by Crippen LogP contribution is 2.30. The van der Waals surface area contributed by atoms with Crippen LogP contribution in [-0.2, 0) is 14.4 Å². The summed E-state index contributed by atoms with van der Waals surface area (Å²) in [4.78, 5) is 38.6. The second-order valence-electron chi connectivity index (χ2n) is 8.45. The summed E-state index contributed by atoms with van der Waals surface area (Å²) in [5.41, 5.74) is 7.23. The molecule has 0 saturated heterocycles. The zero-order valence-corrected chi connectivity index (χ0v) is 23.0. The van der Waals surface area contributed by atoms with Crippen LogP contribution in [0.1, 0.15) is 25.6 Å². The smallest absolute Gasteiger partial charge is 0.258 e. The first-order valence-corrected chi connectivity index (χ1v) is 13.9. The number of aliphatic imine (C=N–C) groups is 1. The molecule has 0 fully saturated rings. The van der Waals surface area contributed by atoms with E-state index in [2.05, 4.69) is 15.3 Å². The fraction of sp³-hybridized carbons (Fsp3) is 0.333. The standard InChI is InChI=1S/C24H29N5O4S3/c1-24(2,3)33-29(15-30)11-10-26-20(31)13-32-17-7-5-6-16(12-17)18-14-35-23(27-18)28-22(25)19-8-9-21(34-4)36-19/h5-9,12,14-15H,10-11,13H2,1-4H3,(H,26,31)(H2,25,27,28). The van der Waals surface area contributed by atoms with Gasteiger partial charge in [0.1, 0.15) is 11.6 Å². The number of ether oxygens (including phenoxy) is 1. The molecule has 3 rings (SSSR count). The molecule has 12 heteroatoms. The zero-order valence-electron chi connectivity index (χ0n) is 20.5. The van der Waals surface area contributed by atoms with E-state index in [9.17, 15) is 9.59 Å². The van der Waals surface area contributed by atoms with Crippen molar-refractivity contribution in [3.63, 3.8) is 0 Å². The number of carbonyl (C=O) groups is 2. The molecule has 2 heterocycles. The molecular weight excluding hydrogens is 518 g/mol. The molecule has 0 aliphatic rings. The Bertz CT molecular complexity index is 1200. The number of nitrogens with two attached hydrogens (primary N) is 1. The average molecular weight is 548 g/mol. The summed E-state index contributed by atoms with van der Waals surface area (Å²) in [6.45, 7) is 5.83. The molecule has 2 aromatic heterocycles. The molecule has 0 aliphatic heterocycles. The first kappa shape index (κ1) is 27.7. The molecule has 9 nitrogen and oxygen atoms in total. The van der Waals surface area contributed by atoms with Gasteiger partial charge in [-0.1, -0.05) is 12.1 Å². The van der Waals surface area contributed by atoms with Crippen LogP contribution in [0.3, 0.4) is 0 Å². The number of thiophene rings is 1. The minimum Gasteiger partial charge on any atom is -0.484 e. The van der Waals surface area contributed by atoms with Crippen molar-refractivity contribution in [2.75, 3.05) is 26.0 Å². The highest BCUT2D eigenvalue weighted by molar-refractivity contribution is 8.00. The van der Waals surface area contributed by atoms with Gasteiger partial charge in [-0.3, -0.25) is 14.4 Å². The van der Waals surface area contributed by atoms with Crippen LogP contribution >= 0.6 is 34.4 Å². The van der Waals surface area contributed by atoms with Crippen molar-refractivity contribution in [1.82, 2.24) is 15.4 Å². The van der Waals surface area contributed by atoms with Crippen LogP contribution in [0.4, 0.5) is 5.13 Å². The third kappa shape index (κ3) is 8.63. The average Bonchev–Trinajstić information content (AvgIpc) is 3.51. The number of amidine groups is 1. The highest BCUT2D eigenvalue weighted by atomic mass is 32.2. The van der Waals surface area contributed by atoms with Gasteiger partial charge < -0.3 is 15.8 Å². The minimum absolute atomic E-state index is 0.160. The Balaban J connectivity index is 1.53. The third-order valence-electron chi connectivity index (χ3n) is 4.41. The summed E-state index contributed by atoms with van der Waals surface area (Å²) in [6, 6.07) is 11.3. The number of rotatable bonds is 12. The van der Waals surface area contributed by atoms with Crippen molar-refractivity contribution in [1.29, 1.82) is 0 Å². The van der Waals surface area contributed by atoms with Crippen molar-refractivity contribution in [2.45, 2.75) is 30.6 Å². The SMILES string of the molecule is CSc1ccc(C(N)=Nc2nc(-c3cccc(OCC(=O)NCCN(C=O)OC(C)(C)C)c3)cs2)s1. The number of hydrogen-bond donors (Lipinski definition) is 2. The fourth-order valence-electron chi connectivity index (χ4n) is 2.90. The first-order chi connectivity index (χ1) is 17.2. The van der Waals surface area contributed by atoms with Crippen molar-refractivity contribution in [3.8, 4) is 17.0 Å². The lowest BCUT2D eigenvalue weighted by Gasteiger charge is -2.26. The predicted molar refractivity (Wildman–Crippen MR) is 146 cm³/mol.